The van der Waals surface area contributed by atoms with E-state index >= 15 is 0 Å². The highest BCUT2D eigenvalue weighted by Gasteiger charge is 2.49. The molecule has 2 aromatic rings. The van der Waals surface area contributed by atoms with Crippen molar-refractivity contribution in [1.29, 1.82) is 0 Å². The van der Waals surface area contributed by atoms with Gasteiger partial charge in [-0.2, -0.15) is 0 Å². The van der Waals surface area contributed by atoms with Gasteiger partial charge < -0.3 is 14.8 Å². The first-order valence-corrected chi connectivity index (χ1v) is 8.48. The van der Waals surface area contributed by atoms with Gasteiger partial charge in [0.15, 0.2) is 11.5 Å². The first-order valence-electron chi connectivity index (χ1n) is 8.10. The number of urea groups is 1. The zero-order valence-corrected chi connectivity index (χ0v) is 15.8. The van der Waals surface area contributed by atoms with Crippen LogP contribution in [0.25, 0.3) is 0 Å². The third-order valence-electron chi connectivity index (χ3n) is 4.58. The van der Waals surface area contributed by atoms with Crippen molar-refractivity contribution in [3.05, 3.63) is 58.4 Å². The lowest BCUT2D eigenvalue weighted by Crippen LogP contribution is -2.40. The number of carbonyl (C=O) groups is 2. The molecule has 3 rings (SSSR count). The Morgan fingerprint density at radius 3 is 2.44 bits per heavy atom. The number of hydrogen-bond donors (Lipinski definition) is 1. The van der Waals surface area contributed by atoms with E-state index in [0.29, 0.717) is 22.6 Å². The Labute approximate surface area is 160 Å². The third kappa shape index (κ3) is 3.30. The van der Waals surface area contributed by atoms with Crippen LogP contribution in [0.3, 0.4) is 0 Å². The smallest absolute Gasteiger partial charge is 0.325 e. The normalized spacial score (nSPS) is 19.2. The van der Waals surface area contributed by atoms with E-state index < -0.39 is 23.3 Å². The fourth-order valence-electron chi connectivity index (χ4n) is 3.00. The summed E-state index contributed by atoms with van der Waals surface area (Å²) in [5, 5.41) is 2.86. The van der Waals surface area contributed by atoms with E-state index in [1.807, 2.05) is 0 Å². The van der Waals surface area contributed by atoms with Crippen LogP contribution in [-0.4, -0.2) is 31.1 Å². The van der Waals surface area contributed by atoms with E-state index in [0.717, 1.165) is 11.0 Å². The molecule has 2 aromatic carbocycles. The van der Waals surface area contributed by atoms with Gasteiger partial charge in [0, 0.05) is 5.02 Å². The van der Waals surface area contributed by atoms with Crippen LogP contribution in [0, 0.1) is 5.82 Å². The molecule has 0 spiro atoms. The predicted molar refractivity (Wildman–Crippen MR) is 97.4 cm³/mol. The number of halogens is 2. The average molecular weight is 393 g/mol. The average Bonchev–Trinajstić information content (AvgIpc) is 2.87. The molecule has 3 amide bonds. The largest absolute Gasteiger partial charge is 0.493 e. The van der Waals surface area contributed by atoms with Crippen molar-refractivity contribution in [1.82, 2.24) is 10.2 Å². The maximum absolute atomic E-state index is 13.2. The third-order valence-corrected chi connectivity index (χ3v) is 4.93. The molecule has 1 heterocycles. The molecule has 1 aliphatic heterocycles. The lowest BCUT2D eigenvalue weighted by atomic mass is 9.91. The second-order valence-corrected chi connectivity index (χ2v) is 6.66. The van der Waals surface area contributed by atoms with Gasteiger partial charge in [0.25, 0.3) is 5.91 Å². The lowest BCUT2D eigenvalue weighted by Gasteiger charge is -2.23. The van der Waals surface area contributed by atoms with Crippen molar-refractivity contribution in [2.75, 3.05) is 14.2 Å². The SMILES string of the molecule is COc1ccc(C2(C)NC(=O)N(Cc3ccc(F)cc3Cl)C2=O)cc1OC. The number of hydrogen-bond acceptors (Lipinski definition) is 4. The maximum Gasteiger partial charge on any atom is 0.325 e. The van der Waals surface area contributed by atoms with Crippen molar-refractivity contribution >= 4 is 23.5 Å². The van der Waals surface area contributed by atoms with Gasteiger partial charge >= 0.3 is 6.03 Å². The molecule has 27 heavy (non-hydrogen) atoms. The molecule has 1 fully saturated rings. The zero-order chi connectivity index (χ0) is 19.8. The van der Waals surface area contributed by atoms with Gasteiger partial charge in [-0.1, -0.05) is 23.7 Å². The van der Waals surface area contributed by atoms with Gasteiger partial charge in [0.2, 0.25) is 0 Å². The van der Waals surface area contributed by atoms with Crippen molar-refractivity contribution in [2.45, 2.75) is 19.0 Å². The summed E-state index contributed by atoms with van der Waals surface area (Å²) in [4.78, 5) is 26.5. The highest BCUT2D eigenvalue weighted by Crippen LogP contribution is 2.36. The van der Waals surface area contributed by atoms with E-state index in [2.05, 4.69) is 5.32 Å². The molecule has 1 aliphatic rings. The van der Waals surface area contributed by atoms with Gasteiger partial charge in [0.1, 0.15) is 11.4 Å². The summed E-state index contributed by atoms with van der Waals surface area (Å²) >= 11 is 6.02. The van der Waals surface area contributed by atoms with Crippen LogP contribution in [0.1, 0.15) is 18.1 Å². The van der Waals surface area contributed by atoms with Crippen LogP contribution in [0.15, 0.2) is 36.4 Å². The highest BCUT2D eigenvalue weighted by molar-refractivity contribution is 6.31. The Morgan fingerprint density at radius 2 is 1.81 bits per heavy atom. The van der Waals surface area contributed by atoms with Crippen molar-refractivity contribution in [3.8, 4) is 11.5 Å². The fourth-order valence-corrected chi connectivity index (χ4v) is 3.23. The zero-order valence-electron chi connectivity index (χ0n) is 15.0. The molecule has 6 nitrogen and oxygen atoms in total. The van der Waals surface area contributed by atoms with E-state index in [1.165, 1.54) is 26.4 Å². The molecule has 1 saturated heterocycles. The van der Waals surface area contributed by atoms with E-state index in [4.69, 9.17) is 21.1 Å². The molecular weight excluding hydrogens is 375 g/mol. The standard InChI is InChI=1S/C19H18ClFN2O4/c1-19(12-5-7-15(26-2)16(8-12)27-3)17(24)23(18(25)22-19)10-11-4-6-13(21)9-14(11)20/h4-9H,10H2,1-3H3,(H,22,25). The number of rotatable bonds is 5. The number of imide groups is 1. The second kappa shape index (κ2) is 7.08. The lowest BCUT2D eigenvalue weighted by molar-refractivity contribution is -0.131. The molecule has 0 aliphatic carbocycles. The Bertz CT molecular complexity index is 921. The van der Waals surface area contributed by atoms with Gasteiger partial charge in [-0.3, -0.25) is 9.69 Å². The minimum atomic E-state index is -1.27. The molecule has 1 atom stereocenters. The van der Waals surface area contributed by atoms with Crippen molar-refractivity contribution in [2.24, 2.45) is 0 Å². The molecule has 142 valence electrons. The van der Waals surface area contributed by atoms with Crippen LogP contribution in [0.5, 0.6) is 11.5 Å². The summed E-state index contributed by atoms with van der Waals surface area (Å²) in [5.41, 5.74) is -0.257. The van der Waals surface area contributed by atoms with Gasteiger partial charge in [0.05, 0.1) is 20.8 Å². The van der Waals surface area contributed by atoms with E-state index in [-0.39, 0.29) is 11.6 Å². The Hall–Kier alpha value is -2.80. The number of benzene rings is 2. The number of nitrogens with one attached hydrogen (secondary N) is 1. The first-order chi connectivity index (χ1) is 12.8. The Morgan fingerprint density at radius 1 is 1.11 bits per heavy atom. The van der Waals surface area contributed by atoms with E-state index in [1.54, 1.807) is 25.1 Å². The van der Waals surface area contributed by atoms with Crippen LogP contribution >= 0.6 is 11.6 Å². The Balaban J connectivity index is 1.92. The first kappa shape index (κ1) is 19.0. The number of nitrogens with zero attached hydrogens (tertiary/aromatic N) is 1. The summed E-state index contributed by atoms with van der Waals surface area (Å²) in [5.74, 6) is 0.0195. The highest BCUT2D eigenvalue weighted by atomic mass is 35.5. The van der Waals surface area contributed by atoms with Crippen molar-refractivity contribution < 1.29 is 23.5 Å². The fraction of sp³-hybridized carbons (Fsp3) is 0.263. The van der Waals surface area contributed by atoms with Crippen LogP contribution < -0.4 is 14.8 Å². The second-order valence-electron chi connectivity index (χ2n) is 6.25. The summed E-state index contributed by atoms with van der Waals surface area (Å²) in [7, 11) is 3.00. The molecule has 0 bridgehead atoms. The minimum absolute atomic E-state index is 0.0628. The number of methoxy groups -OCH3 is 2. The van der Waals surface area contributed by atoms with E-state index in [9.17, 15) is 14.0 Å². The predicted octanol–water partition coefficient (Wildman–Crippen LogP) is 3.46. The number of carbonyl (C=O) groups excluding carboxylic acids is 2. The van der Waals surface area contributed by atoms with Crippen LogP contribution in [0.2, 0.25) is 5.02 Å². The number of amides is 3. The maximum atomic E-state index is 13.2. The topological polar surface area (TPSA) is 67.9 Å². The molecule has 0 radical (unpaired) electrons. The molecule has 1 N–H and O–H groups in total. The summed E-state index contributed by atoms with van der Waals surface area (Å²) in [6.45, 7) is 1.55. The molecule has 1 unspecified atom stereocenters. The quantitative estimate of drug-likeness (QED) is 0.791. The van der Waals surface area contributed by atoms with Crippen LogP contribution in [-0.2, 0) is 16.9 Å². The monoisotopic (exact) mass is 392 g/mol. The van der Waals surface area contributed by atoms with Gasteiger partial charge in [-0.25, -0.2) is 9.18 Å². The minimum Gasteiger partial charge on any atom is -0.493 e. The summed E-state index contributed by atoms with van der Waals surface area (Å²) in [6.07, 6.45) is 0. The van der Waals surface area contributed by atoms with Crippen LogP contribution in [0.4, 0.5) is 9.18 Å². The van der Waals surface area contributed by atoms with Gasteiger partial charge in [-0.15, -0.1) is 0 Å². The summed E-state index contributed by atoms with van der Waals surface area (Å²) in [6, 6.07) is 8.26. The Kier molecular flexibility index (Phi) is 4.97. The molecular formula is C19H18ClFN2O4. The molecule has 0 aromatic heterocycles. The summed E-state index contributed by atoms with van der Waals surface area (Å²) < 4.78 is 23.7. The number of ether oxygens (including phenoxy) is 2. The molecule has 0 saturated carbocycles. The van der Waals surface area contributed by atoms with Gasteiger partial charge in [-0.05, 0) is 42.3 Å². The molecule has 8 heteroatoms. The van der Waals surface area contributed by atoms with Crippen molar-refractivity contribution in [3.63, 3.8) is 0 Å².